The van der Waals surface area contributed by atoms with E-state index in [1.54, 1.807) is 33.5 Å². The molecule has 2 aromatic carbocycles. The minimum absolute atomic E-state index is 0.128. The van der Waals surface area contributed by atoms with E-state index in [9.17, 15) is 9.59 Å². The average molecular weight is 553 g/mol. The van der Waals surface area contributed by atoms with Crippen LogP contribution in [0.3, 0.4) is 0 Å². The summed E-state index contributed by atoms with van der Waals surface area (Å²) >= 11 is 0. The Hall–Kier alpha value is -3.72. The summed E-state index contributed by atoms with van der Waals surface area (Å²) < 4.78 is 16.0. The van der Waals surface area contributed by atoms with Gasteiger partial charge >= 0.3 is 6.03 Å². The van der Waals surface area contributed by atoms with Crippen LogP contribution in [0.2, 0.25) is 0 Å². The van der Waals surface area contributed by atoms with Crippen LogP contribution < -0.4 is 19.5 Å². The third-order valence-electron chi connectivity index (χ3n) is 7.73. The van der Waals surface area contributed by atoms with Gasteiger partial charge in [0.05, 0.1) is 33.4 Å². The number of methoxy groups -OCH3 is 3. The number of carbonyl (C=O) groups is 2. The lowest BCUT2D eigenvalue weighted by Gasteiger charge is -2.43. The number of rotatable bonds is 6. The third kappa shape index (κ3) is 6.20. The van der Waals surface area contributed by atoms with Crippen molar-refractivity contribution in [1.82, 2.24) is 14.7 Å². The van der Waals surface area contributed by atoms with Gasteiger partial charge in [0, 0.05) is 48.7 Å². The molecule has 218 valence electrons. The van der Waals surface area contributed by atoms with Gasteiger partial charge in [-0.3, -0.25) is 9.69 Å². The second-order valence-electron chi connectivity index (χ2n) is 9.70. The van der Waals surface area contributed by atoms with Gasteiger partial charge in [0.1, 0.15) is 17.2 Å². The average Bonchev–Trinajstić information content (AvgIpc) is 3.10. The predicted molar refractivity (Wildman–Crippen MR) is 158 cm³/mol. The molecule has 2 aromatic rings. The molecule has 3 aliphatic heterocycles. The van der Waals surface area contributed by atoms with E-state index >= 15 is 0 Å². The summed E-state index contributed by atoms with van der Waals surface area (Å²) in [7, 11) is 7.09. The minimum atomic E-state index is -0.169. The van der Waals surface area contributed by atoms with Crippen LogP contribution in [0.4, 0.5) is 10.5 Å². The molecule has 9 heteroatoms. The second-order valence-corrected chi connectivity index (χ2v) is 9.70. The van der Waals surface area contributed by atoms with E-state index in [1.807, 2.05) is 43.0 Å². The first kappa shape index (κ1) is 30.8. The molecule has 2 saturated heterocycles. The molecule has 1 spiro atoms. The molecule has 3 heterocycles. The van der Waals surface area contributed by atoms with Crippen molar-refractivity contribution in [2.24, 2.45) is 0 Å². The van der Waals surface area contributed by atoms with Crippen LogP contribution in [0.1, 0.15) is 44.7 Å². The summed E-state index contributed by atoms with van der Waals surface area (Å²) in [4.78, 5) is 29.8. The molecule has 0 radical (unpaired) electrons. The van der Waals surface area contributed by atoms with Crippen LogP contribution in [-0.4, -0.2) is 80.7 Å². The molecule has 2 fully saturated rings. The van der Waals surface area contributed by atoms with E-state index in [2.05, 4.69) is 35.2 Å². The number of hydrogen-bond acceptors (Lipinski definition) is 6. The normalized spacial score (nSPS) is 17.2. The molecule has 9 nitrogen and oxygen atoms in total. The number of anilines is 1. The van der Waals surface area contributed by atoms with Crippen LogP contribution in [0.15, 0.2) is 48.2 Å². The quantitative estimate of drug-likeness (QED) is 0.499. The molecular formula is C31H44N4O5. The maximum atomic E-state index is 13.3. The summed E-state index contributed by atoms with van der Waals surface area (Å²) in [5.74, 6) is 2.33. The monoisotopic (exact) mass is 552 g/mol. The highest BCUT2D eigenvalue weighted by Gasteiger charge is 2.54. The van der Waals surface area contributed by atoms with Crippen LogP contribution in [0.25, 0.3) is 0 Å². The van der Waals surface area contributed by atoms with Crippen molar-refractivity contribution in [3.63, 3.8) is 0 Å². The molecule has 40 heavy (non-hydrogen) atoms. The van der Waals surface area contributed by atoms with Gasteiger partial charge in [-0.05, 0) is 57.0 Å². The number of benzene rings is 2. The molecule has 0 atom stereocenters. The van der Waals surface area contributed by atoms with Crippen LogP contribution >= 0.6 is 0 Å². The molecule has 1 N–H and O–H groups in total. The van der Waals surface area contributed by atoms with Gasteiger partial charge in [0.25, 0.3) is 0 Å². The Kier molecular flexibility index (Phi) is 10.8. The fourth-order valence-electron chi connectivity index (χ4n) is 5.72. The zero-order chi connectivity index (χ0) is 29.3. The zero-order valence-corrected chi connectivity index (χ0v) is 25.0. The predicted octanol–water partition coefficient (Wildman–Crippen LogP) is 5.16. The summed E-state index contributed by atoms with van der Waals surface area (Å²) in [5.41, 5.74) is 4.00. The van der Waals surface area contributed by atoms with Gasteiger partial charge in [0.2, 0.25) is 6.41 Å². The first-order valence-electron chi connectivity index (χ1n) is 14.0. The molecule has 0 unspecified atom stereocenters. The lowest BCUT2D eigenvalue weighted by molar-refractivity contribution is -0.105. The highest BCUT2D eigenvalue weighted by molar-refractivity contribution is 5.83. The number of urea groups is 1. The van der Waals surface area contributed by atoms with E-state index in [0.29, 0.717) is 13.0 Å². The van der Waals surface area contributed by atoms with E-state index < -0.39 is 0 Å². The Bertz CT molecular complexity index is 1190. The zero-order valence-electron chi connectivity index (χ0n) is 25.0. The van der Waals surface area contributed by atoms with Crippen LogP contribution in [0, 0.1) is 0 Å². The first-order valence-corrected chi connectivity index (χ1v) is 14.0. The van der Waals surface area contributed by atoms with E-state index in [0.717, 1.165) is 73.0 Å². The fourth-order valence-corrected chi connectivity index (χ4v) is 5.72. The van der Waals surface area contributed by atoms with Crippen molar-refractivity contribution in [1.29, 1.82) is 0 Å². The largest absolute Gasteiger partial charge is 0.497 e. The van der Waals surface area contributed by atoms with E-state index in [1.165, 1.54) is 5.70 Å². The van der Waals surface area contributed by atoms with Crippen molar-refractivity contribution in [2.45, 2.75) is 52.1 Å². The molecule has 0 aromatic heterocycles. The van der Waals surface area contributed by atoms with Gasteiger partial charge in [-0.15, -0.1) is 0 Å². The Balaban J connectivity index is 0.000000285. The maximum Gasteiger partial charge on any atom is 0.325 e. The third-order valence-corrected chi connectivity index (χ3v) is 7.73. The Labute approximate surface area is 238 Å². The Morgan fingerprint density at radius 1 is 1.00 bits per heavy atom. The highest BCUT2D eigenvalue weighted by Crippen LogP contribution is 2.46. The number of hydrogen-bond donors (Lipinski definition) is 1. The van der Waals surface area contributed by atoms with Crippen molar-refractivity contribution in [3.05, 3.63) is 59.3 Å². The van der Waals surface area contributed by atoms with Gasteiger partial charge in [-0.25, -0.2) is 4.79 Å². The summed E-state index contributed by atoms with van der Waals surface area (Å²) in [6.45, 7) is 9.43. The molecule has 0 aliphatic carbocycles. The number of ether oxygens (including phenoxy) is 3. The number of fused-ring (bicyclic) bond motifs is 3. The second kappa shape index (κ2) is 14.1. The van der Waals surface area contributed by atoms with Gasteiger partial charge in [0.15, 0.2) is 0 Å². The molecule has 0 bridgehead atoms. The number of allylic oxidation sites excluding steroid dienone is 1. The van der Waals surface area contributed by atoms with Crippen molar-refractivity contribution < 1.29 is 23.8 Å². The standard InChI is InChI=1S/C21H29N3O3.C8H9NO2.C2H6/c1-5-24-20(25)23-14-15-12-16(26-3)13-18(27-4)17(15)6-7-19(23)21(24)8-10-22(2)11-9-21;1-11-8-4-2-3-7(5-8)9-6-10;1-2/h7,12-13H,5-6,8-11,14H2,1-4H3;2-6H,1H3,(H,9,10);1-2H3. The topological polar surface area (TPSA) is 83.6 Å². The summed E-state index contributed by atoms with van der Waals surface area (Å²) in [5, 5.41) is 2.52. The Morgan fingerprint density at radius 3 is 2.30 bits per heavy atom. The molecule has 0 saturated carbocycles. The van der Waals surface area contributed by atoms with E-state index in [-0.39, 0.29) is 11.6 Å². The van der Waals surface area contributed by atoms with Gasteiger partial charge < -0.3 is 29.3 Å². The van der Waals surface area contributed by atoms with Crippen LogP contribution in [0.5, 0.6) is 17.2 Å². The van der Waals surface area contributed by atoms with Crippen molar-refractivity contribution >= 4 is 18.1 Å². The SMILES string of the molecule is CC.CCN1C(=O)N2Cc3cc(OC)cc(OC)c3CC=C2C12CCN(C)CC2.COc1cccc(NC=O)c1. The number of likely N-dealkylation sites (tertiary alicyclic amines) is 1. The molecular weight excluding hydrogens is 508 g/mol. The number of piperidine rings is 1. The number of nitrogens with one attached hydrogen (secondary N) is 1. The molecule has 3 aliphatic rings. The lowest BCUT2D eigenvalue weighted by atomic mass is 9.83. The molecule has 3 amide bonds. The number of likely N-dealkylation sites (N-methyl/N-ethyl adjacent to an activating group) is 1. The number of nitrogens with zero attached hydrogens (tertiary/aromatic N) is 3. The Morgan fingerprint density at radius 2 is 1.70 bits per heavy atom. The fraction of sp³-hybridized carbons (Fsp3) is 0.484. The van der Waals surface area contributed by atoms with Gasteiger partial charge in [-0.1, -0.05) is 26.0 Å². The number of amides is 3. The minimum Gasteiger partial charge on any atom is -0.497 e. The van der Waals surface area contributed by atoms with Crippen molar-refractivity contribution in [2.75, 3.05) is 53.3 Å². The lowest BCUT2D eigenvalue weighted by Crippen LogP contribution is -2.52. The van der Waals surface area contributed by atoms with E-state index in [4.69, 9.17) is 14.2 Å². The summed E-state index contributed by atoms with van der Waals surface area (Å²) in [6, 6.07) is 11.3. The highest BCUT2D eigenvalue weighted by atomic mass is 16.5. The van der Waals surface area contributed by atoms with Gasteiger partial charge in [-0.2, -0.15) is 0 Å². The smallest absolute Gasteiger partial charge is 0.325 e. The van der Waals surface area contributed by atoms with Crippen molar-refractivity contribution in [3.8, 4) is 17.2 Å². The maximum absolute atomic E-state index is 13.3. The van der Waals surface area contributed by atoms with Crippen LogP contribution in [-0.2, 0) is 17.8 Å². The number of carbonyl (C=O) groups excluding carboxylic acids is 2. The first-order chi connectivity index (χ1) is 19.4. The molecule has 5 rings (SSSR count). The summed E-state index contributed by atoms with van der Waals surface area (Å²) in [6.07, 6.45) is 5.65.